The average molecular weight is 281 g/mol. The van der Waals surface area contributed by atoms with Gasteiger partial charge in [0.05, 0.1) is 17.6 Å². The number of nitrogens with one attached hydrogen (secondary N) is 1. The first-order valence-corrected chi connectivity index (χ1v) is 6.15. The molecular formula is C13H19N3O4. The van der Waals surface area contributed by atoms with Crippen molar-refractivity contribution in [2.24, 2.45) is 0 Å². The van der Waals surface area contributed by atoms with E-state index in [0.29, 0.717) is 12.3 Å². The highest BCUT2D eigenvalue weighted by atomic mass is 16.6. The van der Waals surface area contributed by atoms with E-state index < -0.39 is 10.8 Å². The first kappa shape index (κ1) is 15.9. The number of nitro groups is 1. The number of ether oxygens (including phenoxy) is 1. The van der Waals surface area contributed by atoms with E-state index >= 15 is 0 Å². The van der Waals surface area contributed by atoms with Crippen LogP contribution in [0.1, 0.15) is 17.3 Å². The number of benzene rings is 1. The molecule has 110 valence electrons. The van der Waals surface area contributed by atoms with Crippen molar-refractivity contribution in [1.29, 1.82) is 0 Å². The maximum atomic E-state index is 12.4. The third kappa shape index (κ3) is 3.24. The molecule has 1 N–H and O–H groups in total. The van der Waals surface area contributed by atoms with Crippen LogP contribution in [0.3, 0.4) is 0 Å². The van der Waals surface area contributed by atoms with E-state index in [0.717, 1.165) is 0 Å². The largest absolute Gasteiger partial charge is 0.383 e. The minimum atomic E-state index is -0.548. The molecule has 0 radical (unpaired) electrons. The summed E-state index contributed by atoms with van der Waals surface area (Å²) < 4.78 is 4.99. The summed E-state index contributed by atoms with van der Waals surface area (Å²) in [5, 5.41) is 13.9. The van der Waals surface area contributed by atoms with Crippen molar-refractivity contribution in [3.8, 4) is 0 Å². The highest BCUT2D eigenvalue weighted by molar-refractivity contribution is 6.00. The SMILES string of the molecule is CNc1cccc(C(=O)N(C)C(C)COC)c1[N+](=O)[O-]. The highest BCUT2D eigenvalue weighted by Crippen LogP contribution is 2.29. The molecule has 0 spiro atoms. The highest BCUT2D eigenvalue weighted by Gasteiger charge is 2.27. The number of nitro benzene ring substituents is 1. The molecule has 7 nitrogen and oxygen atoms in total. The molecule has 0 fully saturated rings. The smallest absolute Gasteiger partial charge is 0.305 e. The summed E-state index contributed by atoms with van der Waals surface area (Å²) in [5.74, 6) is -0.404. The van der Waals surface area contributed by atoms with Crippen LogP contribution in [0.15, 0.2) is 18.2 Å². The molecule has 20 heavy (non-hydrogen) atoms. The van der Waals surface area contributed by atoms with E-state index in [2.05, 4.69) is 5.32 Å². The number of hydrogen-bond acceptors (Lipinski definition) is 5. The summed E-state index contributed by atoms with van der Waals surface area (Å²) in [5.41, 5.74) is 0.164. The fourth-order valence-corrected chi connectivity index (χ4v) is 1.86. The standard InChI is InChI=1S/C13H19N3O4/c1-9(8-20-4)15(3)13(17)10-6-5-7-11(14-2)12(10)16(18)19/h5-7,9,14H,8H2,1-4H3. The van der Waals surface area contributed by atoms with Gasteiger partial charge in [0, 0.05) is 21.2 Å². The van der Waals surface area contributed by atoms with Crippen molar-refractivity contribution in [2.75, 3.05) is 33.1 Å². The zero-order valence-corrected chi connectivity index (χ0v) is 12.0. The molecular weight excluding hydrogens is 262 g/mol. The molecule has 1 rings (SSSR count). The van der Waals surface area contributed by atoms with Crippen molar-refractivity contribution in [1.82, 2.24) is 4.90 Å². The second-order valence-electron chi connectivity index (χ2n) is 4.43. The van der Waals surface area contributed by atoms with Crippen LogP contribution in [0.25, 0.3) is 0 Å². The first-order valence-electron chi connectivity index (χ1n) is 6.15. The molecule has 1 unspecified atom stereocenters. The third-order valence-electron chi connectivity index (χ3n) is 3.11. The number of carbonyl (C=O) groups excluding carboxylic acids is 1. The Labute approximate surface area is 117 Å². The number of hydrogen-bond donors (Lipinski definition) is 1. The van der Waals surface area contributed by atoms with Gasteiger partial charge >= 0.3 is 5.69 Å². The van der Waals surface area contributed by atoms with E-state index in [9.17, 15) is 14.9 Å². The Morgan fingerprint density at radius 3 is 2.70 bits per heavy atom. The monoisotopic (exact) mass is 281 g/mol. The molecule has 1 amide bonds. The zero-order chi connectivity index (χ0) is 15.3. The van der Waals surface area contributed by atoms with Crippen LogP contribution < -0.4 is 5.32 Å². The Bertz CT molecular complexity index is 504. The molecule has 7 heteroatoms. The van der Waals surface area contributed by atoms with Crippen LogP contribution in [-0.4, -0.2) is 49.6 Å². The van der Waals surface area contributed by atoms with Gasteiger partial charge in [0.1, 0.15) is 11.3 Å². The van der Waals surface area contributed by atoms with Gasteiger partial charge in [-0.15, -0.1) is 0 Å². The van der Waals surface area contributed by atoms with Crippen molar-refractivity contribution in [2.45, 2.75) is 13.0 Å². The fourth-order valence-electron chi connectivity index (χ4n) is 1.86. The summed E-state index contributed by atoms with van der Waals surface area (Å²) in [6.07, 6.45) is 0. The number of methoxy groups -OCH3 is 1. The summed E-state index contributed by atoms with van der Waals surface area (Å²) in [6.45, 7) is 2.18. The number of likely N-dealkylation sites (N-methyl/N-ethyl adjacent to an activating group) is 1. The van der Waals surface area contributed by atoms with Crippen LogP contribution in [0.5, 0.6) is 0 Å². The molecule has 1 aromatic rings. The second kappa shape index (κ2) is 6.85. The third-order valence-corrected chi connectivity index (χ3v) is 3.11. The Hall–Kier alpha value is -2.15. The van der Waals surface area contributed by atoms with E-state index in [4.69, 9.17) is 4.74 Å². The predicted molar refractivity (Wildman–Crippen MR) is 76.1 cm³/mol. The Morgan fingerprint density at radius 2 is 2.20 bits per heavy atom. The van der Waals surface area contributed by atoms with Gasteiger partial charge in [0.25, 0.3) is 5.91 Å². The van der Waals surface area contributed by atoms with Gasteiger partial charge in [-0.25, -0.2) is 0 Å². The van der Waals surface area contributed by atoms with Gasteiger partial charge in [-0.3, -0.25) is 14.9 Å². The lowest BCUT2D eigenvalue weighted by atomic mass is 10.1. The maximum Gasteiger partial charge on any atom is 0.305 e. The first-order chi connectivity index (χ1) is 9.43. The quantitative estimate of drug-likeness (QED) is 0.634. The van der Waals surface area contributed by atoms with E-state index in [-0.39, 0.29) is 17.3 Å². The summed E-state index contributed by atoms with van der Waals surface area (Å²) in [7, 11) is 4.72. The molecule has 0 aromatic heterocycles. The number of amides is 1. The lowest BCUT2D eigenvalue weighted by Crippen LogP contribution is -2.38. The van der Waals surface area contributed by atoms with Crippen molar-refractivity contribution >= 4 is 17.3 Å². The summed E-state index contributed by atoms with van der Waals surface area (Å²) >= 11 is 0. The van der Waals surface area contributed by atoms with Crippen molar-refractivity contribution in [3.05, 3.63) is 33.9 Å². The minimum Gasteiger partial charge on any atom is -0.383 e. The summed E-state index contributed by atoms with van der Waals surface area (Å²) in [4.78, 5) is 24.5. The second-order valence-corrected chi connectivity index (χ2v) is 4.43. The molecule has 0 saturated heterocycles. The molecule has 0 saturated carbocycles. The van der Waals surface area contributed by atoms with Gasteiger partial charge in [0.2, 0.25) is 0 Å². The fraction of sp³-hybridized carbons (Fsp3) is 0.462. The topological polar surface area (TPSA) is 84.7 Å². The van der Waals surface area contributed by atoms with Gasteiger partial charge in [0.15, 0.2) is 0 Å². The molecule has 0 aliphatic rings. The lowest BCUT2D eigenvalue weighted by molar-refractivity contribution is -0.384. The van der Waals surface area contributed by atoms with Crippen molar-refractivity contribution in [3.63, 3.8) is 0 Å². The normalized spacial score (nSPS) is 11.8. The van der Waals surface area contributed by atoms with Crippen LogP contribution >= 0.6 is 0 Å². The molecule has 0 bridgehead atoms. The van der Waals surface area contributed by atoms with E-state index in [1.54, 1.807) is 33.3 Å². The van der Waals surface area contributed by atoms with Crippen LogP contribution in [0.4, 0.5) is 11.4 Å². The van der Waals surface area contributed by atoms with Gasteiger partial charge < -0.3 is 15.0 Å². The van der Waals surface area contributed by atoms with Crippen LogP contribution in [0, 0.1) is 10.1 Å². The number of nitrogens with zero attached hydrogens (tertiary/aromatic N) is 2. The van der Waals surface area contributed by atoms with Gasteiger partial charge in [-0.2, -0.15) is 0 Å². The Balaban J connectivity index is 3.19. The lowest BCUT2D eigenvalue weighted by Gasteiger charge is -2.24. The molecule has 0 aliphatic carbocycles. The Morgan fingerprint density at radius 1 is 1.55 bits per heavy atom. The van der Waals surface area contributed by atoms with E-state index in [1.165, 1.54) is 11.0 Å². The molecule has 1 aromatic carbocycles. The molecule has 0 heterocycles. The molecule has 1 atom stereocenters. The van der Waals surface area contributed by atoms with Crippen LogP contribution in [0.2, 0.25) is 0 Å². The zero-order valence-electron chi connectivity index (χ0n) is 12.0. The van der Waals surface area contributed by atoms with Gasteiger partial charge in [-0.05, 0) is 19.1 Å². The maximum absolute atomic E-state index is 12.4. The number of carbonyl (C=O) groups is 1. The number of rotatable bonds is 6. The minimum absolute atomic E-state index is 0.0623. The van der Waals surface area contributed by atoms with Gasteiger partial charge in [-0.1, -0.05) is 6.07 Å². The number of anilines is 1. The predicted octanol–water partition coefficient (Wildman–Crippen LogP) is 1.74. The molecule has 0 aliphatic heterocycles. The van der Waals surface area contributed by atoms with Crippen molar-refractivity contribution < 1.29 is 14.5 Å². The average Bonchev–Trinajstić information content (AvgIpc) is 2.44. The van der Waals surface area contributed by atoms with E-state index in [1.807, 2.05) is 6.92 Å². The van der Waals surface area contributed by atoms with Crippen LogP contribution in [-0.2, 0) is 4.74 Å². The number of para-hydroxylation sites is 1. The Kier molecular flexibility index (Phi) is 5.45. The summed E-state index contributed by atoms with van der Waals surface area (Å²) in [6, 6.07) is 4.46.